The Morgan fingerprint density at radius 1 is 0.667 bits per heavy atom. The first kappa shape index (κ1) is 102. The normalized spacial score (nSPS) is 2.00. The lowest BCUT2D eigenvalue weighted by atomic mass is 10.6. The molecule has 6 heteroatoms. The number of halogens is 6. The fraction of sp³-hybridized carbons (Fsp3) is 1.00. The first-order valence-electron chi connectivity index (χ1n) is 1.41. The molecule has 0 fully saturated rings. The van der Waals surface area contributed by atoms with Gasteiger partial charge >= 0.3 is 0 Å². The summed E-state index contributed by atoms with van der Waals surface area (Å²) in [5.41, 5.74) is 0. The first-order valence-corrected chi connectivity index (χ1v) is 1.41. The van der Waals surface area contributed by atoms with Crippen LogP contribution in [0.4, 0.5) is 14.1 Å². The van der Waals surface area contributed by atoms with Crippen molar-refractivity contribution in [3.8, 4) is 0 Å². The van der Waals surface area contributed by atoms with E-state index in [-0.39, 0.29) is 51.3 Å². The third-order valence-electron chi connectivity index (χ3n) is 0. The molecule has 0 aromatic carbocycles. The van der Waals surface area contributed by atoms with Gasteiger partial charge in [0, 0.05) is 0 Å². The van der Waals surface area contributed by atoms with Crippen molar-refractivity contribution in [2.75, 3.05) is 0 Å². The summed E-state index contributed by atoms with van der Waals surface area (Å²) in [4.78, 5) is 0. The lowest BCUT2D eigenvalue weighted by Crippen LogP contribution is -1.27. The van der Waals surface area contributed by atoms with Gasteiger partial charge in [0.1, 0.15) is 0 Å². The molecule has 0 amide bonds. The molecule has 0 saturated carbocycles. The molecule has 0 rings (SSSR count). The molecule has 9 heavy (non-hydrogen) atoms. The van der Waals surface area contributed by atoms with E-state index in [1.807, 2.05) is 0 Å². The zero-order valence-electron chi connectivity index (χ0n) is 5.16. The van der Waals surface area contributed by atoms with Crippen molar-refractivity contribution in [2.24, 2.45) is 0 Å². The Labute approximate surface area is 72.1 Å². The van der Waals surface area contributed by atoms with Crippen molar-refractivity contribution in [3.05, 3.63) is 0 Å². The van der Waals surface area contributed by atoms with E-state index in [9.17, 15) is 0 Å². The fourth-order valence-corrected chi connectivity index (χ4v) is 0. The molecule has 0 nitrogen and oxygen atoms in total. The Hall–Kier alpha value is 0.660. The van der Waals surface area contributed by atoms with Gasteiger partial charge < -0.3 is 0 Å². The first-order chi connectivity index (χ1) is 1.41. The van der Waals surface area contributed by atoms with Crippen LogP contribution in [0.2, 0.25) is 0 Å². The molecule has 0 saturated heterocycles. The Bertz CT molecular complexity index is 14.3. The molecule has 0 unspecified atom stereocenters. The van der Waals surface area contributed by atoms with Crippen LogP contribution < -0.4 is 0 Å². The highest BCUT2D eigenvalue weighted by atomic mass is 35.5. The van der Waals surface area contributed by atoms with Gasteiger partial charge in [-0.05, 0) is 0 Å². The van der Waals surface area contributed by atoms with Gasteiger partial charge in [-0.1, -0.05) is 20.3 Å². The van der Waals surface area contributed by atoms with E-state index in [1.165, 1.54) is 6.42 Å². The van der Waals surface area contributed by atoms with Crippen LogP contribution in [0.5, 0.6) is 0 Å². The van der Waals surface area contributed by atoms with E-state index in [4.69, 9.17) is 0 Å². The van der Waals surface area contributed by atoms with Gasteiger partial charge in [0.2, 0.25) is 0 Å². The van der Waals surface area contributed by atoms with Gasteiger partial charge in [-0.15, -0.1) is 37.2 Å². The Kier molecular flexibility index (Phi) is 2100. The average Bonchev–Trinajstić information content (AvgIpc) is 0.918. The highest BCUT2D eigenvalue weighted by Gasteiger charge is 1.35. The minimum Gasteiger partial charge on any atom is -0.269 e. The smallest absolute Gasteiger partial charge is 0.0590 e. The van der Waals surface area contributed by atoms with Gasteiger partial charge in [0.05, 0.1) is 0 Å². The van der Waals surface area contributed by atoms with Crippen molar-refractivity contribution < 1.29 is 14.1 Å². The maximum absolute atomic E-state index is 2.12. The van der Waals surface area contributed by atoms with Crippen LogP contribution in [0.3, 0.4) is 0 Å². The van der Waals surface area contributed by atoms with E-state index in [1.54, 1.807) is 0 Å². The minimum atomic E-state index is 0. The summed E-state index contributed by atoms with van der Waals surface area (Å²) in [5, 5.41) is 0. The maximum Gasteiger partial charge on any atom is -0.0590 e. The van der Waals surface area contributed by atoms with Crippen LogP contribution >= 0.6 is 37.2 Å². The summed E-state index contributed by atoms with van der Waals surface area (Å²) in [7, 11) is 0. The molecule has 0 aromatic rings. The van der Waals surface area contributed by atoms with Crippen molar-refractivity contribution in [3.63, 3.8) is 0 Å². The minimum absolute atomic E-state index is 0. The van der Waals surface area contributed by atoms with E-state index >= 15 is 0 Å². The van der Waals surface area contributed by atoms with Crippen LogP contribution in [-0.4, -0.2) is 0 Å². The molecule has 0 N–H and O–H groups in total. The van der Waals surface area contributed by atoms with Crippen LogP contribution in [0, 0.1) is 0 Å². The highest BCUT2D eigenvalue weighted by molar-refractivity contribution is 5.86. The van der Waals surface area contributed by atoms with Gasteiger partial charge in [0.25, 0.3) is 0 Å². The van der Waals surface area contributed by atoms with E-state index in [0.29, 0.717) is 0 Å². The van der Waals surface area contributed by atoms with Crippen LogP contribution in [0.1, 0.15) is 20.3 Å². The second kappa shape index (κ2) is 184. The maximum atomic E-state index is 2.12. The molecular formula is C3H14Cl3F3. The van der Waals surface area contributed by atoms with Gasteiger partial charge in [-0.25, -0.2) is 0 Å². The predicted octanol–water partition coefficient (Wildman–Crippen LogP) is 3.14. The van der Waals surface area contributed by atoms with Crippen LogP contribution in [0.25, 0.3) is 0 Å². The number of hydrogen-bond acceptors (Lipinski definition) is 0. The van der Waals surface area contributed by atoms with Crippen LogP contribution in [-0.2, 0) is 0 Å². The summed E-state index contributed by atoms with van der Waals surface area (Å²) >= 11 is 0. The summed E-state index contributed by atoms with van der Waals surface area (Å²) in [5.74, 6) is 0. The predicted molar refractivity (Wildman–Crippen MR) is 45.2 cm³/mol. The molecule has 0 aliphatic carbocycles. The zero-order valence-corrected chi connectivity index (χ0v) is 7.61. The summed E-state index contributed by atoms with van der Waals surface area (Å²) in [6.45, 7) is 4.25. The topological polar surface area (TPSA) is 0 Å². The Balaban J connectivity index is -0.00000000133. The third kappa shape index (κ3) is 882. The lowest BCUT2D eigenvalue weighted by Gasteiger charge is -1.48. The quantitative estimate of drug-likeness (QED) is 0.580. The monoisotopic (exact) mass is 212 g/mol. The van der Waals surface area contributed by atoms with Crippen molar-refractivity contribution in [1.29, 1.82) is 0 Å². The lowest BCUT2D eigenvalue weighted by molar-refractivity contribution is 1.09. The highest BCUT2D eigenvalue weighted by Crippen LogP contribution is 1.56. The summed E-state index contributed by atoms with van der Waals surface area (Å²) < 4.78 is 0. The molecule has 0 radical (unpaired) electrons. The number of hydrogen-bond donors (Lipinski definition) is 0. The second-order valence-electron chi connectivity index (χ2n) is 0.707. The molecule has 0 aromatic heterocycles. The molecular weight excluding hydrogens is 199 g/mol. The summed E-state index contributed by atoms with van der Waals surface area (Å²) in [6, 6.07) is 0. The SMILES string of the molecule is CCC.Cl.Cl.Cl.F.F.F. The van der Waals surface area contributed by atoms with E-state index in [2.05, 4.69) is 13.8 Å². The fourth-order valence-electron chi connectivity index (χ4n) is 0. The Morgan fingerprint density at radius 3 is 0.667 bits per heavy atom. The van der Waals surface area contributed by atoms with E-state index in [0.717, 1.165) is 0 Å². The van der Waals surface area contributed by atoms with Gasteiger partial charge in [-0.2, -0.15) is 0 Å². The third-order valence-corrected chi connectivity index (χ3v) is 0. The number of rotatable bonds is 0. The van der Waals surface area contributed by atoms with Crippen molar-refractivity contribution in [1.82, 2.24) is 0 Å². The molecule has 0 atom stereocenters. The van der Waals surface area contributed by atoms with Gasteiger partial charge in [-0.3, -0.25) is 14.1 Å². The van der Waals surface area contributed by atoms with Crippen molar-refractivity contribution >= 4 is 37.2 Å². The molecule has 0 spiro atoms. The van der Waals surface area contributed by atoms with Crippen LogP contribution in [0.15, 0.2) is 0 Å². The molecule has 0 aliphatic heterocycles. The molecule has 68 valence electrons. The van der Waals surface area contributed by atoms with Crippen molar-refractivity contribution in [2.45, 2.75) is 20.3 Å². The zero-order chi connectivity index (χ0) is 2.71. The molecule has 0 bridgehead atoms. The second-order valence-corrected chi connectivity index (χ2v) is 0.707. The Morgan fingerprint density at radius 2 is 0.667 bits per heavy atom. The largest absolute Gasteiger partial charge is 0.269 e. The average molecular weight is 213 g/mol. The van der Waals surface area contributed by atoms with Gasteiger partial charge in [0.15, 0.2) is 0 Å². The molecule has 0 aliphatic rings. The standard InChI is InChI=1S/C3H8.3ClH.3FH/c1-3-2;;;;;;/h3H2,1-2H3;6*1H. The summed E-state index contributed by atoms with van der Waals surface area (Å²) in [6.07, 6.45) is 1.25. The van der Waals surface area contributed by atoms with E-state index < -0.39 is 0 Å². The molecule has 0 heterocycles.